The minimum absolute atomic E-state index is 0.655. The van der Waals surface area contributed by atoms with Crippen molar-refractivity contribution in [2.45, 2.75) is 25.8 Å². The Kier molecular flexibility index (Phi) is 4.85. The molecule has 0 radical (unpaired) electrons. The summed E-state index contributed by atoms with van der Waals surface area (Å²) in [4.78, 5) is 16.7. The van der Waals surface area contributed by atoms with Crippen molar-refractivity contribution in [2.75, 3.05) is 20.7 Å². The van der Waals surface area contributed by atoms with E-state index < -0.39 is 12.0 Å². The molecule has 0 aliphatic heterocycles. The zero-order chi connectivity index (χ0) is 15.4. The topological polar surface area (TPSA) is 65.6 Å². The summed E-state index contributed by atoms with van der Waals surface area (Å²) in [7, 11) is 3.46. The fraction of sp³-hybridized carbons (Fsp3) is 0.438. The largest absolute Gasteiger partial charge is 0.497 e. The van der Waals surface area contributed by atoms with E-state index in [0.29, 0.717) is 0 Å². The molecule has 0 fully saturated rings. The van der Waals surface area contributed by atoms with Crippen LogP contribution in [0.25, 0.3) is 10.9 Å². The third kappa shape index (κ3) is 3.19. The Hall–Kier alpha value is -2.01. The smallest absolute Gasteiger partial charge is 0.325 e. The van der Waals surface area contributed by atoms with Crippen LogP contribution in [0.4, 0.5) is 0 Å². The number of methoxy groups -OCH3 is 1. The number of H-pyrrole nitrogens is 1. The molecule has 0 bridgehead atoms. The number of unbranched alkanes of at least 4 members (excludes halogenated alkanes) is 1. The second kappa shape index (κ2) is 6.63. The number of carboxylic acids is 1. The minimum Gasteiger partial charge on any atom is -0.497 e. The third-order valence-electron chi connectivity index (χ3n) is 3.75. The second-order valence-electron chi connectivity index (χ2n) is 5.23. The van der Waals surface area contributed by atoms with Gasteiger partial charge in [0.2, 0.25) is 0 Å². The van der Waals surface area contributed by atoms with Crippen molar-refractivity contribution >= 4 is 16.9 Å². The van der Waals surface area contributed by atoms with Gasteiger partial charge in [0.1, 0.15) is 11.8 Å². The molecular formula is C16H22N2O3. The molecule has 0 saturated heterocycles. The zero-order valence-electron chi connectivity index (χ0n) is 12.7. The van der Waals surface area contributed by atoms with Crippen LogP contribution in [0.5, 0.6) is 5.75 Å². The molecule has 1 heterocycles. The van der Waals surface area contributed by atoms with Crippen molar-refractivity contribution < 1.29 is 14.6 Å². The molecule has 114 valence electrons. The van der Waals surface area contributed by atoms with Crippen molar-refractivity contribution in [2.24, 2.45) is 0 Å². The number of hydrogen-bond acceptors (Lipinski definition) is 3. The van der Waals surface area contributed by atoms with Gasteiger partial charge in [-0.25, -0.2) is 0 Å². The summed E-state index contributed by atoms with van der Waals surface area (Å²) < 4.78 is 5.24. The Morgan fingerprint density at radius 3 is 2.86 bits per heavy atom. The Bertz CT molecular complexity index is 621. The number of hydrogen-bond donors (Lipinski definition) is 2. The Balaban J connectivity index is 2.42. The van der Waals surface area contributed by atoms with Crippen LogP contribution in [0, 0.1) is 0 Å². The standard InChI is InChI=1S/C16H22N2O3/c1-4-5-8-18(2)15(16(19)20)13-10-17-14-7-6-11(21-3)9-12(13)14/h6-7,9-10,15,17H,4-5,8H2,1-3H3,(H,19,20). The lowest BCUT2D eigenvalue weighted by atomic mass is 10.0. The van der Waals surface area contributed by atoms with E-state index in [0.717, 1.165) is 41.6 Å². The van der Waals surface area contributed by atoms with Gasteiger partial charge < -0.3 is 14.8 Å². The molecule has 0 spiro atoms. The number of nitrogens with zero attached hydrogens (tertiary/aromatic N) is 1. The minimum atomic E-state index is -0.836. The van der Waals surface area contributed by atoms with E-state index in [4.69, 9.17) is 4.74 Å². The fourth-order valence-electron chi connectivity index (χ4n) is 2.57. The molecule has 1 atom stereocenters. The molecule has 5 nitrogen and oxygen atoms in total. The van der Waals surface area contributed by atoms with Crippen LogP contribution in [0.3, 0.4) is 0 Å². The summed E-state index contributed by atoms with van der Waals surface area (Å²) in [5.74, 6) is -0.110. The van der Waals surface area contributed by atoms with Gasteiger partial charge >= 0.3 is 5.97 Å². The maximum atomic E-state index is 11.7. The van der Waals surface area contributed by atoms with Crippen molar-refractivity contribution in [1.82, 2.24) is 9.88 Å². The van der Waals surface area contributed by atoms with Crippen LogP contribution < -0.4 is 4.74 Å². The normalized spacial score (nSPS) is 12.8. The van der Waals surface area contributed by atoms with Crippen LogP contribution in [-0.4, -0.2) is 41.7 Å². The Labute approximate surface area is 124 Å². The van der Waals surface area contributed by atoms with Gasteiger partial charge in [0.15, 0.2) is 0 Å². The number of ether oxygens (including phenoxy) is 1. The number of likely N-dealkylation sites (N-methyl/N-ethyl adjacent to an activating group) is 1. The monoisotopic (exact) mass is 290 g/mol. The number of rotatable bonds is 7. The average molecular weight is 290 g/mol. The molecule has 0 saturated carbocycles. The molecule has 2 N–H and O–H groups in total. The summed E-state index contributed by atoms with van der Waals surface area (Å²) in [5.41, 5.74) is 1.69. The average Bonchev–Trinajstić information content (AvgIpc) is 2.87. The van der Waals surface area contributed by atoms with E-state index >= 15 is 0 Å². The maximum absolute atomic E-state index is 11.7. The first-order valence-corrected chi connectivity index (χ1v) is 7.16. The molecule has 0 aliphatic rings. The van der Waals surface area contributed by atoms with Crippen molar-refractivity contribution in [1.29, 1.82) is 0 Å². The number of carboxylic acid groups (broad SMARTS) is 1. The van der Waals surface area contributed by atoms with Crippen molar-refractivity contribution in [3.05, 3.63) is 30.0 Å². The number of fused-ring (bicyclic) bond motifs is 1. The summed E-state index contributed by atoms with van der Waals surface area (Å²) in [5, 5.41) is 10.5. The van der Waals surface area contributed by atoms with Gasteiger partial charge in [0.05, 0.1) is 7.11 Å². The SMILES string of the molecule is CCCCN(C)C(C(=O)O)c1c[nH]c2ccc(OC)cc12. The van der Waals surface area contributed by atoms with Crippen LogP contribution in [0.1, 0.15) is 31.4 Å². The molecule has 0 aliphatic carbocycles. The van der Waals surface area contributed by atoms with E-state index in [1.807, 2.05) is 30.1 Å². The highest BCUT2D eigenvalue weighted by Crippen LogP contribution is 2.30. The first-order valence-electron chi connectivity index (χ1n) is 7.16. The highest BCUT2D eigenvalue weighted by Gasteiger charge is 2.27. The van der Waals surface area contributed by atoms with Gasteiger partial charge in [-0.2, -0.15) is 0 Å². The van der Waals surface area contributed by atoms with Crippen molar-refractivity contribution in [3.8, 4) is 5.75 Å². The quantitative estimate of drug-likeness (QED) is 0.822. The maximum Gasteiger partial charge on any atom is 0.325 e. The molecule has 21 heavy (non-hydrogen) atoms. The number of carbonyl (C=O) groups is 1. The number of aromatic amines is 1. The summed E-state index contributed by atoms with van der Waals surface area (Å²) in [6, 6.07) is 4.99. The van der Waals surface area contributed by atoms with E-state index in [9.17, 15) is 9.90 Å². The van der Waals surface area contributed by atoms with Gasteiger partial charge in [-0.1, -0.05) is 13.3 Å². The summed E-state index contributed by atoms with van der Waals surface area (Å²) in [6.07, 6.45) is 3.80. The summed E-state index contributed by atoms with van der Waals surface area (Å²) >= 11 is 0. The van der Waals surface area contributed by atoms with Gasteiger partial charge in [-0.3, -0.25) is 9.69 Å². The molecule has 2 aromatic rings. The first kappa shape index (κ1) is 15.4. The number of benzene rings is 1. The Morgan fingerprint density at radius 1 is 1.48 bits per heavy atom. The predicted molar refractivity (Wildman–Crippen MR) is 82.8 cm³/mol. The zero-order valence-corrected chi connectivity index (χ0v) is 12.7. The van der Waals surface area contributed by atoms with Gasteiger partial charge in [-0.05, 0) is 38.2 Å². The van der Waals surface area contributed by atoms with Gasteiger partial charge in [0.25, 0.3) is 0 Å². The van der Waals surface area contributed by atoms with Crippen LogP contribution >= 0.6 is 0 Å². The molecule has 0 amide bonds. The fourth-order valence-corrected chi connectivity index (χ4v) is 2.57. The molecular weight excluding hydrogens is 268 g/mol. The van der Waals surface area contributed by atoms with E-state index in [-0.39, 0.29) is 0 Å². The highest BCUT2D eigenvalue weighted by molar-refractivity contribution is 5.90. The molecule has 2 rings (SSSR count). The molecule has 1 aromatic heterocycles. The number of nitrogens with one attached hydrogen (secondary N) is 1. The van der Waals surface area contributed by atoms with E-state index in [1.165, 1.54) is 0 Å². The van der Waals surface area contributed by atoms with Gasteiger partial charge in [-0.15, -0.1) is 0 Å². The molecule has 1 unspecified atom stereocenters. The van der Waals surface area contributed by atoms with Gasteiger partial charge in [0, 0.05) is 22.7 Å². The van der Waals surface area contributed by atoms with Crippen molar-refractivity contribution in [3.63, 3.8) is 0 Å². The first-order chi connectivity index (χ1) is 10.1. The van der Waals surface area contributed by atoms with Crippen LogP contribution in [0.2, 0.25) is 0 Å². The van der Waals surface area contributed by atoms with Crippen LogP contribution in [0.15, 0.2) is 24.4 Å². The lowest BCUT2D eigenvalue weighted by Gasteiger charge is -2.24. The highest BCUT2D eigenvalue weighted by atomic mass is 16.5. The molecule has 1 aromatic carbocycles. The lowest BCUT2D eigenvalue weighted by molar-refractivity contribution is -0.143. The second-order valence-corrected chi connectivity index (χ2v) is 5.23. The van der Waals surface area contributed by atoms with E-state index in [1.54, 1.807) is 13.3 Å². The Morgan fingerprint density at radius 2 is 2.24 bits per heavy atom. The predicted octanol–water partition coefficient (Wildman–Crippen LogP) is 3.03. The third-order valence-corrected chi connectivity index (χ3v) is 3.75. The lowest BCUT2D eigenvalue weighted by Crippen LogP contribution is -2.31. The number of aromatic nitrogens is 1. The summed E-state index contributed by atoms with van der Waals surface area (Å²) in [6.45, 7) is 2.85. The van der Waals surface area contributed by atoms with Crippen LogP contribution in [-0.2, 0) is 4.79 Å². The molecule has 5 heteroatoms. The van der Waals surface area contributed by atoms with E-state index in [2.05, 4.69) is 11.9 Å². The number of aliphatic carboxylic acids is 1.